The summed E-state index contributed by atoms with van der Waals surface area (Å²) in [6, 6.07) is 10.5. The number of phenols is 1. The van der Waals surface area contributed by atoms with Crippen molar-refractivity contribution in [3.8, 4) is 5.75 Å². The van der Waals surface area contributed by atoms with Gasteiger partial charge in [0.05, 0.1) is 7.11 Å². The number of carbonyl (C=O) groups excluding carboxylic acids is 1. The molecule has 0 saturated carbocycles. The third kappa shape index (κ3) is 2.06. The fourth-order valence-electron chi connectivity index (χ4n) is 1.48. The van der Waals surface area contributed by atoms with Crippen LogP contribution in [0, 0.1) is 0 Å². The Labute approximate surface area is 92.5 Å². The van der Waals surface area contributed by atoms with Gasteiger partial charge in [-0.25, -0.2) is 4.79 Å². The number of anilines is 1. The topological polar surface area (TPSA) is 58.6 Å². The smallest absolute Gasteiger partial charge is 0.411 e. The van der Waals surface area contributed by atoms with E-state index >= 15 is 0 Å². The van der Waals surface area contributed by atoms with E-state index in [9.17, 15) is 9.90 Å². The van der Waals surface area contributed by atoms with E-state index in [1.807, 2.05) is 12.1 Å². The number of benzene rings is 2. The summed E-state index contributed by atoms with van der Waals surface area (Å²) < 4.78 is 4.49. The zero-order chi connectivity index (χ0) is 11.5. The van der Waals surface area contributed by atoms with Crippen LogP contribution >= 0.6 is 0 Å². The molecule has 0 spiro atoms. The molecule has 0 atom stereocenters. The van der Waals surface area contributed by atoms with Gasteiger partial charge in [0.2, 0.25) is 0 Å². The number of carbonyl (C=O) groups is 1. The summed E-state index contributed by atoms with van der Waals surface area (Å²) >= 11 is 0. The quantitative estimate of drug-likeness (QED) is 0.772. The Morgan fingerprint density at radius 3 is 2.69 bits per heavy atom. The average molecular weight is 217 g/mol. The van der Waals surface area contributed by atoms with Crippen LogP contribution < -0.4 is 5.32 Å². The highest BCUT2D eigenvalue weighted by Crippen LogP contribution is 2.23. The minimum Gasteiger partial charge on any atom is -0.508 e. The molecule has 0 heterocycles. The molecule has 0 radical (unpaired) electrons. The van der Waals surface area contributed by atoms with Crippen LogP contribution in [0.25, 0.3) is 10.8 Å². The molecule has 0 fully saturated rings. The third-order valence-electron chi connectivity index (χ3n) is 2.26. The fourth-order valence-corrected chi connectivity index (χ4v) is 1.48. The van der Waals surface area contributed by atoms with Gasteiger partial charge in [0.25, 0.3) is 0 Å². The number of ether oxygens (including phenoxy) is 1. The Bertz CT molecular complexity index is 537. The molecule has 4 heteroatoms. The summed E-state index contributed by atoms with van der Waals surface area (Å²) in [7, 11) is 1.31. The van der Waals surface area contributed by atoms with Gasteiger partial charge in [0.1, 0.15) is 5.75 Å². The maximum atomic E-state index is 11.0. The number of phenolic OH excluding ortho intramolecular Hbond substituents is 1. The zero-order valence-electron chi connectivity index (χ0n) is 8.73. The molecule has 2 aromatic carbocycles. The standard InChI is InChI=1S/C12H11NO3/c1-16-12(15)13-10-4-2-8-3-5-11(14)7-9(8)6-10/h2-7,14H,1H3,(H,13,15). The van der Waals surface area contributed by atoms with E-state index in [1.165, 1.54) is 7.11 Å². The largest absolute Gasteiger partial charge is 0.508 e. The second-order valence-corrected chi connectivity index (χ2v) is 3.36. The Kier molecular flexibility index (Phi) is 2.64. The van der Waals surface area contributed by atoms with Crippen LogP contribution in [-0.2, 0) is 4.74 Å². The van der Waals surface area contributed by atoms with E-state index in [0.29, 0.717) is 5.69 Å². The van der Waals surface area contributed by atoms with Gasteiger partial charge in [-0.05, 0) is 35.0 Å². The second-order valence-electron chi connectivity index (χ2n) is 3.36. The van der Waals surface area contributed by atoms with Gasteiger partial charge in [0.15, 0.2) is 0 Å². The predicted molar refractivity (Wildman–Crippen MR) is 61.6 cm³/mol. The summed E-state index contributed by atoms with van der Waals surface area (Å²) in [5.74, 6) is 0.197. The summed E-state index contributed by atoms with van der Waals surface area (Å²) in [6.45, 7) is 0. The van der Waals surface area contributed by atoms with E-state index in [1.54, 1.807) is 24.3 Å². The summed E-state index contributed by atoms with van der Waals surface area (Å²) in [4.78, 5) is 11.0. The second kappa shape index (κ2) is 4.10. The first-order valence-corrected chi connectivity index (χ1v) is 4.77. The molecule has 0 unspecified atom stereocenters. The Morgan fingerprint density at radius 1 is 1.19 bits per heavy atom. The van der Waals surface area contributed by atoms with E-state index in [2.05, 4.69) is 10.1 Å². The normalized spacial score (nSPS) is 10.1. The van der Waals surface area contributed by atoms with Gasteiger partial charge in [-0.15, -0.1) is 0 Å². The lowest BCUT2D eigenvalue weighted by Crippen LogP contribution is -2.10. The summed E-state index contributed by atoms with van der Waals surface area (Å²) in [6.07, 6.45) is -0.514. The van der Waals surface area contributed by atoms with Crippen molar-refractivity contribution < 1.29 is 14.6 Å². The van der Waals surface area contributed by atoms with Gasteiger partial charge in [-0.3, -0.25) is 5.32 Å². The molecule has 0 aliphatic heterocycles. The van der Waals surface area contributed by atoms with Crippen molar-refractivity contribution in [1.82, 2.24) is 0 Å². The van der Waals surface area contributed by atoms with Crippen molar-refractivity contribution in [2.24, 2.45) is 0 Å². The summed E-state index contributed by atoms with van der Waals surface area (Å²) in [5.41, 5.74) is 0.630. The van der Waals surface area contributed by atoms with Crippen molar-refractivity contribution >= 4 is 22.6 Å². The van der Waals surface area contributed by atoms with Gasteiger partial charge < -0.3 is 9.84 Å². The number of aromatic hydroxyl groups is 1. The lowest BCUT2D eigenvalue weighted by atomic mass is 10.1. The number of rotatable bonds is 1. The van der Waals surface area contributed by atoms with Crippen molar-refractivity contribution in [2.45, 2.75) is 0 Å². The summed E-state index contributed by atoms with van der Waals surface area (Å²) in [5, 5.41) is 13.7. The van der Waals surface area contributed by atoms with Crippen LogP contribution in [0.1, 0.15) is 0 Å². The number of hydrogen-bond donors (Lipinski definition) is 2. The van der Waals surface area contributed by atoms with Crippen LogP contribution in [0.15, 0.2) is 36.4 Å². The van der Waals surface area contributed by atoms with Crippen LogP contribution in [0.5, 0.6) is 5.75 Å². The molecule has 0 bridgehead atoms. The molecule has 0 aliphatic rings. The van der Waals surface area contributed by atoms with Crippen LogP contribution in [0.2, 0.25) is 0 Å². The van der Waals surface area contributed by atoms with E-state index in [0.717, 1.165) is 10.8 Å². The molecule has 2 N–H and O–H groups in total. The number of fused-ring (bicyclic) bond motifs is 1. The maximum Gasteiger partial charge on any atom is 0.411 e. The fraction of sp³-hybridized carbons (Fsp3) is 0.0833. The molecular weight excluding hydrogens is 206 g/mol. The van der Waals surface area contributed by atoms with Crippen LogP contribution in [-0.4, -0.2) is 18.3 Å². The molecule has 2 rings (SSSR count). The lowest BCUT2D eigenvalue weighted by Gasteiger charge is -2.05. The highest BCUT2D eigenvalue weighted by atomic mass is 16.5. The highest BCUT2D eigenvalue weighted by Gasteiger charge is 2.01. The first kappa shape index (κ1) is 10.3. The molecule has 0 aromatic heterocycles. The molecule has 0 aliphatic carbocycles. The predicted octanol–water partition coefficient (Wildman–Crippen LogP) is 2.72. The van der Waals surface area contributed by atoms with Crippen molar-refractivity contribution in [3.63, 3.8) is 0 Å². The number of hydrogen-bond acceptors (Lipinski definition) is 3. The minimum absolute atomic E-state index is 0.197. The van der Waals surface area contributed by atoms with Crippen LogP contribution in [0.3, 0.4) is 0 Å². The maximum absolute atomic E-state index is 11.0. The monoisotopic (exact) mass is 217 g/mol. The molecule has 2 aromatic rings. The lowest BCUT2D eigenvalue weighted by molar-refractivity contribution is 0.187. The van der Waals surface area contributed by atoms with Crippen molar-refractivity contribution in [2.75, 3.05) is 12.4 Å². The van der Waals surface area contributed by atoms with Crippen LogP contribution in [0.4, 0.5) is 10.5 Å². The van der Waals surface area contributed by atoms with E-state index < -0.39 is 6.09 Å². The molecule has 1 amide bonds. The first-order chi connectivity index (χ1) is 7.69. The third-order valence-corrected chi connectivity index (χ3v) is 2.26. The minimum atomic E-state index is -0.514. The van der Waals surface area contributed by atoms with Gasteiger partial charge in [-0.1, -0.05) is 12.1 Å². The first-order valence-electron chi connectivity index (χ1n) is 4.77. The number of amides is 1. The van der Waals surface area contributed by atoms with Gasteiger partial charge in [-0.2, -0.15) is 0 Å². The van der Waals surface area contributed by atoms with Crippen molar-refractivity contribution in [3.05, 3.63) is 36.4 Å². The van der Waals surface area contributed by atoms with E-state index in [-0.39, 0.29) is 5.75 Å². The van der Waals surface area contributed by atoms with E-state index in [4.69, 9.17) is 0 Å². The SMILES string of the molecule is COC(=O)Nc1ccc2ccc(O)cc2c1. The van der Waals surface area contributed by atoms with Gasteiger partial charge in [0, 0.05) is 5.69 Å². The molecule has 0 saturated heterocycles. The molecule has 4 nitrogen and oxygen atoms in total. The zero-order valence-corrected chi connectivity index (χ0v) is 8.73. The number of methoxy groups -OCH3 is 1. The highest BCUT2D eigenvalue weighted by molar-refractivity contribution is 5.91. The Hall–Kier alpha value is -2.23. The Balaban J connectivity index is 2.39. The average Bonchev–Trinajstić information content (AvgIpc) is 2.28. The van der Waals surface area contributed by atoms with Crippen molar-refractivity contribution in [1.29, 1.82) is 0 Å². The molecular formula is C12H11NO3. The van der Waals surface area contributed by atoms with Gasteiger partial charge >= 0.3 is 6.09 Å². The number of nitrogens with one attached hydrogen (secondary N) is 1. The molecule has 16 heavy (non-hydrogen) atoms. The molecule has 82 valence electrons. The Morgan fingerprint density at radius 2 is 1.94 bits per heavy atom.